The summed E-state index contributed by atoms with van der Waals surface area (Å²) in [6, 6.07) is 17.2. The van der Waals surface area contributed by atoms with Crippen molar-refractivity contribution in [1.82, 2.24) is 10.4 Å². The molecular weight excluding hydrogens is 328 g/mol. The van der Waals surface area contributed by atoms with Gasteiger partial charge in [0.25, 0.3) is 0 Å². The van der Waals surface area contributed by atoms with Gasteiger partial charge in [-0.3, -0.25) is 10.4 Å². The Morgan fingerprint density at radius 3 is 2.91 bits per heavy atom. The predicted octanol–water partition coefficient (Wildman–Crippen LogP) is 4.21. The molecule has 114 valence electrons. The summed E-state index contributed by atoms with van der Waals surface area (Å²) in [5.41, 5.74) is 5.50. The quantitative estimate of drug-likeness (QED) is 0.426. The highest BCUT2D eigenvalue weighted by atomic mass is 35.5. The number of halogens is 1. The van der Waals surface area contributed by atoms with Gasteiger partial charge in [-0.05, 0) is 54.2 Å². The lowest BCUT2D eigenvalue weighted by Crippen LogP contribution is -2.23. The van der Waals surface area contributed by atoms with E-state index in [4.69, 9.17) is 23.8 Å². The molecule has 0 saturated heterocycles. The van der Waals surface area contributed by atoms with Crippen molar-refractivity contribution in [3.63, 3.8) is 0 Å². The maximum absolute atomic E-state index is 5.92. The first kappa shape index (κ1) is 15.4. The second-order valence-electron chi connectivity index (χ2n) is 4.79. The summed E-state index contributed by atoms with van der Waals surface area (Å²) >= 11 is 11.1. The van der Waals surface area contributed by atoms with Crippen molar-refractivity contribution in [2.45, 2.75) is 0 Å². The number of benzene rings is 2. The molecule has 0 bridgehead atoms. The minimum Gasteiger partial charge on any atom is -0.331 e. The van der Waals surface area contributed by atoms with E-state index in [1.54, 1.807) is 24.5 Å². The molecule has 23 heavy (non-hydrogen) atoms. The molecule has 0 fully saturated rings. The van der Waals surface area contributed by atoms with Crippen LogP contribution in [0.15, 0.2) is 65.9 Å². The number of pyridine rings is 1. The summed E-state index contributed by atoms with van der Waals surface area (Å²) < 4.78 is 0. The van der Waals surface area contributed by atoms with E-state index in [1.807, 2.05) is 42.5 Å². The molecule has 0 amide bonds. The lowest BCUT2D eigenvalue weighted by molar-refractivity contribution is 1.05. The monoisotopic (exact) mass is 340 g/mol. The minimum absolute atomic E-state index is 0.394. The number of thiocarbonyl (C=S) groups is 1. The zero-order valence-corrected chi connectivity index (χ0v) is 13.6. The first-order chi connectivity index (χ1) is 11.2. The molecule has 0 saturated carbocycles. The highest BCUT2D eigenvalue weighted by molar-refractivity contribution is 7.80. The van der Waals surface area contributed by atoms with Crippen LogP contribution in [0.25, 0.3) is 10.9 Å². The number of hydrogen-bond donors (Lipinski definition) is 2. The fourth-order valence-corrected chi connectivity index (χ4v) is 2.43. The third-order valence-electron chi connectivity index (χ3n) is 3.09. The van der Waals surface area contributed by atoms with E-state index in [0.29, 0.717) is 10.1 Å². The van der Waals surface area contributed by atoms with Crippen molar-refractivity contribution in [1.29, 1.82) is 0 Å². The van der Waals surface area contributed by atoms with Crippen LogP contribution in [0, 0.1) is 0 Å². The molecule has 0 atom stereocenters. The molecular formula is C17H13ClN4S. The second kappa shape index (κ2) is 7.17. The normalized spacial score (nSPS) is 10.8. The number of hydrogen-bond acceptors (Lipinski definition) is 3. The highest BCUT2D eigenvalue weighted by Crippen LogP contribution is 2.14. The van der Waals surface area contributed by atoms with Gasteiger partial charge < -0.3 is 5.32 Å². The van der Waals surface area contributed by atoms with E-state index in [9.17, 15) is 0 Å². The Balaban J connectivity index is 1.62. The predicted molar refractivity (Wildman–Crippen MR) is 100 cm³/mol. The van der Waals surface area contributed by atoms with Crippen molar-refractivity contribution in [3.8, 4) is 0 Å². The van der Waals surface area contributed by atoms with E-state index < -0.39 is 0 Å². The van der Waals surface area contributed by atoms with Crippen molar-refractivity contribution < 1.29 is 0 Å². The van der Waals surface area contributed by atoms with Gasteiger partial charge >= 0.3 is 0 Å². The number of aromatic nitrogens is 1. The molecule has 2 aromatic carbocycles. The van der Waals surface area contributed by atoms with E-state index in [-0.39, 0.29) is 0 Å². The average Bonchev–Trinajstić information content (AvgIpc) is 2.55. The van der Waals surface area contributed by atoms with Gasteiger partial charge in [-0.2, -0.15) is 5.10 Å². The van der Waals surface area contributed by atoms with Crippen LogP contribution in [0.2, 0.25) is 5.02 Å². The minimum atomic E-state index is 0.394. The Labute approximate surface area is 144 Å². The lowest BCUT2D eigenvalue weighted by Gasteiger charge is -2.06. The first-order valence-corrected chi connectivity index (χ1v) is 7.70. The molecule has 3 rings (SSSR count). The van der Waals surface area contributed by atoms with Gasteiger partial charge in [0, 0.05) is 22.3 Å². The molecule has 2 N–H and O–H groups in total. The number of rotatable bonds is 3. The SMILES string of the molecule is S=C(N/N=C\c1ccc2ncccc2c1)Nc1cccc(Cl)c1. The van der Waals surface area contributed by atoms with Gasteiger partial charge in [0.2, 0.25) is 0 Å². The molecule has 0 aliphatic heterocycles. The fraction of sp³-hybridized carbons (Fsp3) is 0. The number of nitrogens with one attached hydrogen (secondary N) is 2. The van der Waals surface area contributed by atoms with E-state index in [2.05, 4.69) is 20.8 Å². The van der Waals surface area contributed by atoms with Crippen LogP contribution in [0.5, 0.6) is 0 Å². The Hall–Kier alpha value is -2.50. The van der Waals surface area contributed by atoms with Crippen LogP contribution < -0.4 is 10.7 Å². The molecule has 0 aliphatic carbocycles. The number of nitrogens with zero attached hydrogens (tertiary/aromatic N) is 2. The summed E-state index contributed by atoms with van der Waals surface area (Å²) in [5.74, 6) is 0. The van der Waals surface area contributed by atoms with Crippen LogP contribution in [-0.2, 0) is 0 Å². The Bertz CT molecular complexity index is 879. The fourth-order valence-electron chi connectivity index (χ4n) is 2.07. The van der Waals surface area contributed by atoms with Gasteiger partial charge in [0.05, 0.1) is 11.7 Å². The van der Waals surface area contributed by atoms with Crippen LogP contribution >= 0.6 is 23.8 Å². The lowest BCUT2D eigenvalue weighted by atomic mass is 10.1. The summed E-state index contributed by atoms with van der Waals surface area (Å²) in [6.45, 7) is 0. The van der Waals surface area contributed by atoms with Gasteiger partial charge in [-0.15, -0.1) is 0 Å². The molecule has 0 unspecified atom stereocenters. The largest absolute Gasteiger partial charge is 0.331 e. The molecule has 1 heterocycles. The summed E-state index contributed by atoms with van der Waals surface area (Å²) in [6.07, 6.45) is 3.48. The van der Waals surface area contributed by atoms with Crippen LogP contribution in [0.4, 0.5) is 5.69 Å². The summed E-state index contributed by atoms with van der Waals surface area (Å²) in [5, 5.41) is 9.25. The topological polar surface area (TPSA) is 49.3 Å². The Morgan fingerprint density at radius 1 is 1.13 bits per heavy atom. The van der Waals surface area contributed by atoms with Gasteiger partial charge in [-0.1, -0.05) is 29.8 Å². The average molecular weight is 341 g/mol. The first-order valence-electron chi connectivity index (χ1n) is 6.91. The number of hydrazone groups is 1. The zero-order chi connectivity index (χ0) is 16.1. The molecule has 0 radical (unpaired) electrons. The van der Waals surface area contributed by atoms with E-state index in [0.717, 1.165) is 22.2 Å². The summed E-state index contributed by atoms with van der Waals surface area (Å²) in [7, 11) is 0. The molecule has 4 nitrogen and oxygen atoms in total. The van der Waals surface area contributed by atoms with Crippen molar-refractivity contribution in [2.24, 2.45) is 5.10 Å². The van der Waals surface area contributed by atoms with Crippen LogP contribution in [0.1, 0.15) is 5.56 Å². The standard InChI is InChI=1S/C17H13ClN4S/c18-14-4-1-5-15(10-14)21-17(23)22-20-11-12-6-7-16-13(9-12)3-2-8-19-16/h1-11H,(H2,21,22,23)/b20-11-. The molecule has 6 heteroatoms. The van der Waals surface area contributed by atoms with E-state index in [1.165, 1.54) is 0 Å². The highest BCUT2D eigenvalue weighted by Gasteiger charge is 1.97. The Morgan fingerprint density at radius 2 is 2.04 bits per heavy atom. The smallest absolute Gasteiger partial charge is 0.191 e. The Kier molecular flexibility index (Phi) is 4.80. The van der Waals surface area contributed by atoms with Crippen molar-refractivity contribution in [2.75, 3.05) is 5.32 Å². The molecule has 0 spiro atoms. The van der Waals surface area contributed by atoms with Gasteiger partial charge in [0.15, 0.2) is 5.11 Å². The van der Waals surface area contributed by atoms with Crippen molar-refractivity contribution in [3.05, 3.63) is 71.4 Å². The van der Waals surface area contributed by atoms with Gasteiger partial charge in [0.1, 0.15) is 0 Å². The molecule has 0 aliphatic rings. The maximum Gasteiger partial charge on any atom is 0.191 e. The number of fused-ring (bicyclic) bond motifs is 1. The van der Waals surface area contributed by atoms with Crippen molar-refractivity contribution >= 4 is 51.7 Å². The molecule has 3 aromatic rings. The van der Waals surface area contributed by atoms with Crippen LogP contribution in [-0.4, -0.2) is 16.3 Å². The molecule has 1 aromatic heterocycles. The maximum atomic E-state index is 5.92. The van der Waals surface area contributed by atoms with Gasteiger partial charge in [-0.25, -0.2) is 0 Å². The number of anilines is 1. The third-order valence-corrected chi connectivity index (χ3v) is 3.52. The second-order valence-corrected chi connectivity index (χ2v) is 5.63. The summed E-state index contributed by atoms with van der Waals surface area (Å²) in [4.78, 5) is 4.28. The zero-order valence-electron chi connectivity index (χ0n) is 12.0. The van der Waals surface area contributed by atoms with Crippen LogP contribution in [0.3, 0.4) is 0 Å². The third kappa shape index (κ3) is 4.25. The van der Waals surface area contributed by atoms with E-state index >= 15 is 0 Å².